The first-order valence-corrected chi connectivity index (χ1v) is 9.98. The molecule has 0 atom stereocenters. The molecule has 0 aromatic carbocycles. The predicted molar refractivity (Wildman–Crippen MR) is 90.8 cm³/mol. The zero-order valence-corrected chi connectivity index (χ0v) is 15.7. The Morgan fingerprint density at radius 2 is 2.17 bits per heavy atom. The number of esters is 1. The van der Waals surface area contributed by atoms with Crippen molar-refractivity contribution in [1.82, 2.24) is 9.29 Å². The lowest BCUT2D eigenvalue weighted by molar-refractivity contribution is 0.0600. The first-order chi connectivity index (χ1) is 11.4. The van der Waals surface area contributed by atoms with Gasteiger partial charge in [-0.15, -0.1) is 11.3 Å². The Balaban J connectivity index is 1.70. The van der Waals surface area contributed by atoms with Gasteiger partial charge in [0.1, 0.15) is 15.9 Å². The SMILES string of the molecule is COC(=O)c1sccc1S(=O)(=O)N1CC(Oc2ncccc2Br)C1. The summed E-state index contributed by atoms with van der Waals surface area (Å²) < 4.78 is 37.5. The summed E-state index contributed by atoms with van der Waals surface area (Å²) in [6, 6.07) is 4.97. The van der Waals surface area contributed by atoms with Gasteiger partial charge in [-0.05, 0) is 39.5 Å². The molecule has 1 fully saturated rings. The van der Waals surface area contributed by atoms with Gasteiger partial charge < -0.3 is 9.47 Å². The molecule has 0 N–H and O–H groups in total. The van der Waals surface area contributed by atoms with Gasteiger partial charge >= 0.3 is 5.97 Å². The molecule has 0 unspecified atom stereocenters. The summed E-state index contributed by atoms with van der Waals surface area (Å²) in [5.41, 5.74) is 0. The Bertz CT molecular complexity index is 862. The van der Waals surface area contributed by atoms with Gasteiger partial charge in [-0.25, -0.2) is 18.2 Å². The highest BCUT2D eigenvalue weighted by molar-refractivity contribution is 9.10. The lowest BCUT2D eigenvalue weighted by Gasteiger charge is -2.37. The van der Waals surface area contributed by atoms with Gasteiger partial charge in [0, 0.05) is 6.20 Å². The third kappa shape index (κ3) is 3.18. The van der Waals surface area contributed by atoms with Crippen LogP contribution in [-0.4, -0.2) is 50.0 Å². The minimum absolute atomic E-state index is 0.0307. The van der Waals surface area contributed by atoms with Crippen LogP contribution in [0.2, 0.25) is 0 Å². The average molecular weight is 433 g/mol. The Morgan fingerprint density at radius 3 is 2.83 bits per heavy atom. The van der Waals surface area contributed by atoms with Crippen molar-refractivity contribution in [2.45, 2.75) is 11.0 Å². The zero-order valence-electron chi connectivity index (χ0n) is 12.5. The molecule has 10 heteroatoms. The number of hydrogen-bond donors (Lipinski definition) is 0. The second-order valence-electron chi connectivity index (χ2n) is 4.96. The highest BCUT2D eigenvalue weighted by Crippen LogP contribution is 2.30. The topological polar surface area (TPSA) is 85.8 Å². The zero-order chi connectivity index (χ0) is 17.3. The minimum atomic E-state index is -3.75. The maximum absolute atomic E-state index is 12.6. The maximum Gasteiger partial charge on any atom is 0.349 e. The average Bonchev–Trinajstić information content (AvgIpc) is 3.01. The summed E-state index contributed by atoms with van der Waals surface area (Å²) in [4.78, 5) is 15.8. The lowest BCUT2D eigenvalue weighted by atomic mass is 10.2. The van der Waals surface area contributed by atoms with Crippen molar-refractivity contribution in [2.24, 2.45) is 0 Å². The van der Waals surface area contributed by atoms with Crippen LogP contribution in [0.5, 0.6) is 5.88 Å². The quantitative estimate of drug-likeness (QED) is 0.672. The van der Waals surface area contributed by atoms with E-state index in [4.69, 9.17) is 4.74 Å². The smallest absolute Gasteiger partial charge is 0.349 e. The van der Waals surface area contributed by atoms with Crippen LogP contribution < -0.4 is 4.74 Å². The largest absolute Gasteiger partial charge is 0.471 e. The van der Waals surface area contributed by atoms with Crippen molar-refractivity contribution in [3.8, 4) is 5.88 Å². The van der Waals surface area contributed by atoms with E-state index >= 15 is 0 Å². The molecule has 7 nitrogen and oxygen atoms in total. The van der Waals surface area contributed by atoms with Crippen LogP contribution >= 0.6 is 27.3 Å². The molecule has 1 aliphatic rings. The van der Waals surface area contributed by atoms with E-state index in [1.165, 1.54) is 17.5 Å². The van der Waals surface area contributed by atoms with Gasteiger partial charge in [-0.1, -0.05) is 0 Å². The maximum atomic E-state index is 12.6. The Labute approximate surface area is 151 Å². The summed E-state index contributed by atoms with van der Waals surface area (Å²) in [6.07, 6.45) is 1.31. The second kappa shape index (κ2) is 6.79. The van der Waals surface area contributed by atoms with E-state index in [1.54, 1.807) is 23.7 Å². The number of carbonyl (C=O) groups is 1. The van der Waals surface area contributed by atoms with Gasteiger partial charge in [-0.3, -0.25) is 0 Å². The van der Waals surface area contributed by atoms with E-state index in [9.17, 15) is 13.2 Å². The van der Waals surface area contributed by atoms with Crippen LogP contribution in [0.3, 0.4) is 0 Å². The number of hydrogen-bond acceptors (Lipinski definition) is 7. The molecule has 0 spiro atoms. The molecule has 3 rings (SSSR count). The van der Waals surface area contributed by atoms with Crippen LogP contribution in [0, 0.1) is 0 Å². The first-order valence-electron chi connectivity index (χ1n) is 6.86. The standard InChI is InChI=1S/C14H13BrN2O5S2/c1-21-14(18)12-11(4-6-23-12)24(19,20)17-7-9(8-17)22-13-10(15)3-2-5-16-13/h2-6,9H,7-8H2,1H3. The van der Waals surface area contributed by atoms with Crippen molar-refractivity contribution in [1.29, 1.82) is 0 Å². The van der Waals surface area contributed by atoms with E-state index < -0.39 is 16.0 Å². The van der Waals surface area contributed by atoms with Crippen LogP contribution in [0.4, 0.5) is 0 Å². The number of ether oxygens (including phenoxy) is 2. The molecule has 0 radical (unpaired) electrons. The number of sulfonamides is 1. The second-order valence-corrected chi connectivity index (χ2v) is 8.63. The molecule has 1 aliphatic heterocycles. The van der Waals surface area contributed by atoms with E-state index in [0.29, 0.717) is 10.4 Å². The number of methoxy groups -OCH3 is 1. The van der Waals surface area contributed by atoms with Gasteiger partial charge in [0.05, 0.1) is 24.7 Å². The fourth-order valence-electron chi connectivity index (χ4n) is 2.17. The Morgan fingerprint density at radius 1 is 1.42 bits per heavy atom. The van der Waals surface area contributed by atoms with Crippen molar-refractivity contribution in [3.63, 3.8) is 0 Å². The molecule has 128 valence electrons. The van der Waals surface area contributed by atoms with E-state index in [-0.39, 0.29) is 29.0 Å². The first kappa shape index (κ1) is 17.3. The molecule has 0 bridgehead atoms. The molecule has 1 saturated heterocycles. The lowest BCUT2D eigenvalue weighted by Crippen LogP contribution is -2.56. The molecule has 2 aromatic rings. The molecule has 2 aromatic heterocycles. The third-order valence-corrected chi connectivity index (χ3v) is 6.94. The normalized spacial score (nSPS) is 15.8. The summed E-state index contributed by atoms with van der Waals surface area (Å²) >= 11 is 4.37. The van der Waals surface area contributed by atoms with Crippen molar-refractivity contribution >= 4 is 43.3 Å². The van der Waals surface area contributed by atoms with E-state index in [0.717, 1.165) is 11.3 Å². The molecular formula is C14H13BrN2O5S2. The summed E-state index contributed by atoms with van der Waals surface area (Å²) in [7, 11) is -2.53. The number of aromatic nitrogens is 1. The summed E-state index contributed by atoms with van der Waals surface area (Å²) in [5.74, 6) is -0.236. The summed E-state index contributed by atoms with van der Waals surface area (Å²) in [5, 5.41) is 1.55. The predicted octanol–water partition coefficient (Wildman–Crippen LogP) is 2.14. The number of pyridine rings is 1. The van der Waals surface area contributed by atoms with E-state index in [2.05, 4.69) is 25.7 Å². The van der Waals surface area contributed by atoms with Crippen LogP contribution in [0.1, 0.15) is 9.67 Å². The third-order valence-electron chi connectivity index (χ3n) is 3.44. The fraction of sp³-hybridized carbons (Fsp3) is 0.286. The van der Waals surface area contributed by atoms with Crippen LogP contribution in [-0.2, 0) is 14.8 Å². The Kier molecular flexibility index (Phi) is 4.90. The number of thiophene rings is 1. The number of halogens is 1. The monoisotopic (exact) mass is 432 g/mol. The Hall–Kier alpha value is -1.49. The van der Waals surface area contributed by atoms with Crippen molar-refractivity contribution in [3.05, 3.63) is 39.1 Å². The molecule has 24 heavy (non-hydrogen) atoms. The molecule has 0 saturated carbocycles. The van der Waals surface area contributed by atoms with Crippen molar-refractivity contribution < 1.29 is 22.7 Å². The van der Waals surface area contributed by atoms with Gasteiger partial charge in [-0.2, -0.15) is 4.31 Å². The van der Waals surface area contributed by atoms with E-state index in [1.807, 2.05) is 0 Å². The number of nitrogens with zero attached hydrogens (tertiary/aromatic N) is 2. The van der Waals surface area contributed by atoms with Crippen LogP contribution in [0.25, 0.3) is 0 Å². The highest BCUT2D eigenvalue weighted by atomic mass is 79.9. The van der Waals surface area contributed by atoms with Gasteiger partial charge in [0.15, 0.2) is 0 Å². The summed E-state index contributed by atoms with van der Waals surface area (Å²) in [6.45, 7) is 0.392. The van der Waals surface area contributed by atoms with Crippen molar-refractivity contribution in [2.75, 3.05) is 20.2 Å². The molecule has 0 aliphatic carbocycles. The molecule has 0 amide bonds. The minimum Gasteiger partial charge on any atom is -0.471 e. The molecule has 3 heterocycles. The van der Waals surface area contributed by atoms with Crippen LogP contribution in [0.15, 0.2) is 39.1 Å². The highest BCUT2D eigenvalue weighted by Gasteiger charge is 2.40. The van der Waals surface area contributed by atoms with Gasteiger partial charge in [0.25, 0.3) is 0 Å². The number of rotatable bonds is 5. The fourth-order valence-corrected chi connectivity index (χ4v) is 5.33. The number of carbonyl (C=O) groups excluding carboxylic acids is 1. The molecular weight excluding hydrogens is 420 g/mol. The van der Waals surface area contributed by atoms with Gasteiger partial charge in [0.2, 0.25) is 15.9 Å².